The van der Waals surface area contributed by atoms with E-state index in [0.717, 1.165) is 25.1 Å². The molecule has 0 saturated heterocycles. The largest absolute Gasteiger partial charge is 0.377 e. The van der Waals surface area contributed by atoms with Crippen molar-refractivity contribution >= 4 is 0 Å². The van der Waals surface area contributed by atoms with Crippen molar-refractivity contribution in [2.75, 3.05) is 13.2 Å². The Hall–Kier alpha value is -0.0800. The predicted molar refractivity (Wildman–Crippen MR) is 72.2 cm³/mol. The van der Waals surface area contributed by atoms with Crippen LogP contribution in [-0.2, 0) is 4.74 Å². The monoisotopic (exact) mass is 239 g/mol. The average Bonchev–Trinajstić information content (AvgIpc) is 2.38. The fourth-order valence-electron chi connectivity index (χ4n) is 3.31. The molecule has 2 nitrogen and oxygen atoms in total. The van der Waals surface area contributed by atoms with E-state index in [1.165, 1.54) is 57.8 Å². The maximum atomic E-state index is 6.02. The lowest BCUT2D eigenvalue weighted by atomic mass is 9.88. The van der Waals surface area contributed by atoms with Gasteiger partial charge in [0.25, 0.3) is 0 Å². The van der Waals surface area contributed by atoms with Crippen LogP contribution in [0, 0.1) is 5.92 Å². The van der Waals surface area contributed by atoms with Gasteiger partial charge in [0.15, 0.2) is 0 Å². The van der Waals surface area contributed by atoms with E-state index in [1.54, 1.807) is 0 Å². The molecular weight excluding hydrogens is 210 g/mol. The average molecular weight is 239 g/mol. The van der Waals surface area contributed by atoms with Gasteiger partial charge in [0.2, 0.25) is 0 Å². The second kappa shape index (κ2) is 7.38. The summed E-state index contributed by atoms with van der Waals surface area (Å²) in [4.78, 5) is 0. The molecule has 100 valence electrons. The van der Waals surface area contributed by atoms with E-state index in [1.807, 2.05) is 0 Å². The lowest BCUT2D eigenvalue weighted by Crippen LogP contribution is -2.35. The minimum atomic E-state index is 0.539. The van der Waals surface area contributed by atoms with E-state index in [-0.39, 0.29) is 0 Å². The summed E-state index contributed by atoms with van der Waals surface area (Å²) in [5, 5.41) is 3.65. The molecule has 0 heterocycles. The van der Waals surface area contributed by atoms with Gasteiger partial charge in [-0.05, 0) is 31.6 Å². The normalized spacial score (nSPS) is 31.6. The van der Waals surface area contributed by atoms with Crippen LogP contribution in [0.5, 0.6) is 0 Å². The molecule has 0 radical (unpaired) electrons. The topological polar surface area (TPSA) is 21.3 Å². The zero-order valence-electron chi connectivity index (χ0n) is 11.4. The third kappa shape index (κ3) is 4.59. The molecule has 2 atom stereocenters. The fourth-order valence-corrected chi connectivity index (χ4v) is 3.31. The summed E-state index contributed by atoms with van der Waals surface area (Å²) in [6.07, 6.45) is 13.0. The van der Waals surface area contributed by atoms with Crippen molar-refractivity contribution in [1.29, 1.82) is 0 Å². The molecule has 0 aromatic carbocycles. The van der Waals surface area contributed by atoms with Gasteiger partial charge in [-0.15, -0.1) is 0 Å². The number of hydrogen-bond acceptors (Lipinski definition) is 2. The van der Waals surface area contributed by atoms with E-state index in [2.05, 4.69) is 12.2 Å². The van der Waals surface area contributed by atoms with Gasteiger partial charge < -0.3 is 10.1 Å². The fraction of sp³-hybridized carbons (Fsp3) is 1.00. The third-order valence-corrected chi connectivity index (χ3v) is 4.50. The van der Waals surface area contributed by atoms with Gasteiger partial charge in [0.05, 0.1) is 12.7 Å². The van der Waals surface area contributed by atoms with Crippen LogP contribution in [0.3, 0.4) is 0 Å². The van der Waals surface area contributed by atoms with Crippen molar-refractivity contribution < 1.29 is 4.74 Å². The van der Waals surface area contributed by atoms with Crippen molar-refractivity contribution in [3.05, 3.63) is 0 Å². The molecule has 2 aliphatic carbocycles. The molecule has 2 unspecified atom stereocenters. The van der Waals surface area contributed by atoms with Crippen LogP contribution < -0.4 is 5.32 Å². The Kier molecular flexibility index (Phi) is 5.79. The van der Waals surface area contributed by atoms with Crippen LogP contribution in [0.1, 0.15) is 64.7 Å². The van der Waals surface area contributed by atoms with E-state index < -0.39 is 0 Å². The van der Waals surface area contributed by atoms with Crippen LogP contribution in [0.25, 0.3) is 0 Å². The van der Waals surface area contributed by atoms with Gasteiger partial charge in [-0.3, -0.25) is 0 Å². The standard InChI is InChI=1S/C15H29NO/c1-13-7-5-6-10-15(13)17-12-11-16-14-8-3-2-4-9-14/h13-16H,2-12H2,1H3. The molecule has 2 saturated carbocycles. The Morgan fingerprint density at radius 2 is 1.65 bits per heavy atom. The molecule has 0 aliphatic heterocycles. The first kappa shape index (κ1) is 13.4. The van der Waals surface area contributed by atoms with Crippen LogP contribution in [0.15, 0.2) is 0 Å². The Morgan fingerprint density at radius 3 is 2.41 bits per heavy atom. The molecule has 2 aliphatic rings. The molecule has 0 aromatic heterocycles. The van der Waals surface area contributed by atoms with Crippen molar-refractivity contribution in [2.24, 2.45) is 5.92 Å². The van der Waals surface area contributed by atoms with Crippen LogP contribution in [0.4, 0.5) is 0 Å². The molecule has 17 heavy (non-hydrogen) atoms. The molecule has 2 heteroatoms. The van der Waals surface area contributed by atoms with Crippen molar-refractivity contribution in [2.45, 2.75) is 76.9 Å². The molecule has 0 amide bonds. The lowest BCUT2D eigenvalue weighted by Gasteiger charge is -2.29. The second-order valence-corrected chi connectivity index (χ2v) is 5.96. The first-order valence-corrected chi connectivity index (χ1v) is 7.71. The number of rotatable bonds is 5. The Bertz CT molecular complexity index is 201. The van der Waals surface area contributed by atoms with E-state index in [9.17, 15) is 0 Å². The minimum Gasteiger partial charge on any atom is -0.377 e. The highest BCUT2D eigenvalue weighted by Gasteiger charge is 2.21. The highest BCUT2D eigenvalue weighted by molar-refractivity contribution is 4.74. The molecule has 0 spiro atoms. The summed E-state index contributed by atoms with van der Waals surface area (Å²) in [6, 6.07) is 0.774. The summed E-state index contributed by atoms with van der Waals surface area (Å²) in [7, 11) is 0. The quantitative estimate of drug-likeness (QED) is 0.741. The highest BCUT2D eigenvalue weighted by atomic mass is 16.5. The summed E-state index contributed by atoms with van der Waals surface area (Å²) >= 11 is 0. The number of nitrogens with one attached hydrogen (secondary N) is 1. The van der Waals surface area contributed by atoms with Gasteiger partial charge in [-0.1, -0.05) is 39.0 Å². The van der Waals surface area contributed by atoms with Crippen LogP contribution in [-0.4, -0.2) is 25.3 Å². The smallest absolute Gasteiger partial charge is 0.0601 e. The maximum absolute atomic E-state index is 6.02. The Morgan fingerprint density at radius 1 is 0.941 bits per heavy atom. The first-order chi connectivity index (χ1) is 8.36. The molecular formula is C15H29NO. The Balaban J connectivity index is 1.53. The van der Waals surface area contributed by atoms with Crippen molar-refractivity contribution in [3.8, 4) is 0 Å². The van der Waals surface area contributed by atoms with E-state index in [0.29, 0.717) is 6.10 Å². The number of hydrogen-bond donors (Lipinski definition) is 1. The predicted octanol–water partition coefficient (Wildman–Crippen LogP) is 3.50. The zero-order valence-corrected chi connectivity index (χ0v) is 11.4. The highest BCUT2D eigenvalue weighted by Crippen LogP contribution is 2.26. The lowest BCUT2D eigenvalue weighted by molar-refractivity contribution is -0.00412. The van der Waals surface area contributed by atoms with Gasteiger partial charge in [-0.25, -0.2) is 0 Å². The van der Waals surface area contributed by atoms with Gasteiger partial charge >= 0.3 is 0 Å². The molecule has 2 fully saturated rings. The SMILES string of the molecule is CC1CCCCC1OCCNC1CCCCC1. The summed E-state index contributed by atoms with van der Waals surface area (Å²) in [5.74, 6) is 0.776. The van der Waals surface area contributed by atoms with Gasteiger partial charge in [0.1, 0.15) is 0 Å². The molecule has 1 N–H and O–H groups in total. The molecule has 0 bridgehead atoms. The van der Waals surface area contributed by atoms with E-state index >= 15 is 0 Å². The summed E-state index contributed by atoms with van der Waals surface area (Å²) in [6.45, 7) is 4.30. The number of ether oxygens (including phenoxy) is 1. The van der Waals surface area contributed by atoms with Gasteiger partial charge in [0, 0.05) is 12.6 Å². The third-order valence-electron chi connectivity index (χ3n) is 4.50. The summed E-state index contributed by atoms with van der Waals surface area (Å²) < 4.78 is 6.02. The minimum absolute atomic E-state index is 0.539. The molecule has 2 rings (SSSR count). The zero-order chi connectivity index (χ0) is 11.9. The summed E-state index contributed by atoms with van der Waals surface area (Å²) in [5.41, 5.74) is 0. The van der Waals surface area contributed by atoms with Crippen molar-refractivity contribution in [3.63, 3.8) is 0 Å². The van der Waals surface area contributed by atoms with Gasteiger partial charge in [-0.2, -0.15) is 0 Å². The van der Waals surface area contributed by atoms with Crippen LogP contribution in [0.2, 0.25) is 0 Å². The van der Waals surface area contributed by atoms with Crippen LogP contribution >= 0.6 is 0 Å². The second-order valence-electron chi connectivity index (χ2n) is 5.96. The van der Waals surface area contributed by atoms with E-state index in [4.69, 9.17) is 4.74 Å². The molecule has 0 aromatic rings. The van der Waals surface area contributed by atoms with Crippen molar-refractivity contribution in [1.82, 2.24) is 5.32 Å². The maximum Gasteiger partial charge on any atom is 0.0601 e. The first-order valence-electron chi connectivity index (χ1n) is 7.71. The Labute approximate surface area is 107 Å².